The first-order valence-corrected chi connectivity index (χ1v) is 9.42. The Morgan fingerprint density at radius 3 is 1.96 bits per heavy atom. The molecule has 2 N–H and O–H groups in total. The Morgan fingerprint density at radius 2 is 1.46 bits per heavy atom. The minimum absolute atomic E-state index is 0.0190. The molecule has 0 unspecified atom stereocenters. The van der Waals surface area contributed by atoms with Crippen molar-refractivity contribution in [2.75, 3.05) is 51.1 Å². The van der Waals surface area contributed by atoms with Gasteiger partial charge in [-0.25, -0.2) is 0 Å². The molecule has 26 heavy (non-hydrogen) atoms. The fourth-order valence-corrected chi connectivity index (χ4v) is 3.08. The molecule has 2 rings (SSSR count). The average Bonchev–Trinajstić information content (AvgIpc) is 2.58. The zero-order valence-electron chi connectivity index (χ0n) is 16.5. The molecule has 0 saturated carbocycles. The van der Waals surface area contributed by atoms with E-state index in [2.05, 4.69) is 34.3 Å². The van der Waals surface area contributed by atoms with Crippen LogP contribution in [0.2, 0.25) is 0 Å². The molecule has 1 aliphatic heterocycles. The van der Waals surface area contributed by atoms with Crippen molar-refractivity contribution < 1.29 is 9.59 Å². The molecule has 0 atom stereocenters. The molecule has 6 heteroatoms. The van der Waals surface area contributed by atoms with Gasteiger partial charge in [0.15, 0.2) is 0 Å². The van der Waals surface area contributed by atoms with Crippen molar-refractivity contribution in [1.29, 1.82) is 0 Å². The van der Waals surface area contributed by atoms with Gasteiger partial charge < -0.3 is 10.6 Å². The fraction of sp³-hybridized carbons (Fsp3) is 0.600. The number of para-hydroxylation sites is 1. The molecule has 1 aromatic carbocycles. The van der Waals surface area contributed by atoms with Crippen LogP contribution in [0.5, 0.6) is 0 Å². The predicted molar refractivity (Wildman–Crippen MR) is 105 cm³/mol. The lowest BCUT2D eigenvalue weighted by Gasteiger charge is -2.33. The minimum Gasteiger partial charge on any atom is -0.355 e. The van der Waals surface area contributed by atoms with Gasteiger partial charge in [0.1, 0.15) is 0 Å². The average molecular weight is 361 g/mol. The number of benzene rings is 1. The number of hydrogen-bond donors (Lipinski definition) is 2. The number of carbonyl (C=O) groups excluding carboxylic acids is 2. The lowest BCUT2D eigenvalue weighted by molar-refractivity contribution is -0.123. The summed E-state index contributed by atoms with van der Waals surface area (Å²) in [6, 6.07) is 6.01. The summed E-state index contributed by atoms with van der Waals surface area (Å²) in [6.45, 7) is 13.0. The Bertz CT molecular complexity index is 602. The van der Waals surface area contributed by atoms with E-state index in [1.165, 1.54) is 0 Å². The molecule has 1 aliphatic rings. The summed E-state index contributed by atoms with van der Waals surface area (Å²) < 4.78 is 0. The Labute approximate surface area is 156 Å². The summed E-state index contributed by atoms with van der Waals surface area (Å²) in [7, 11) is 0. The summed E-state index contributed by atoms with van der Waals surface area (Å²) >= 11 is 0. The molecular weight excluding hydrogens is 328 g/mol. The lowest BCUT2D eigenvalue weighted by Crippen LogP contribution is -2.51. The van der Waals surface area contributed by atoms with Gasteiger partial charge in [-0.1, -0.05) is 32.0 Å². The van der Waals surface area contributed by atoms with Crippen LogP contribution in [-0.2, 0) is 9.59 Å². The third kappa shape index (κ3) is 6.42. The summed E-state index contributed by atoms with van der Waals surface area (Å²) in [6.07, 6.45) is 0. The number of rotatable bonds is 7. The number of hydrogen-bond acceptors (Lipinski definition) is 4. The van der Waals surface area contributed by atoms with Gasteiger partial charge in [0.25, 0.3) is 0 Å². The zero-order chi connectivity index (χ0) is 19.1. The van der Waals surface area contributed by atoms with Crippen LogP contribution in [0.4, 0.5) is 5.69 Å². The van der Waals surface area contributed by atoms with Gasteiger partial charge in [-0.05, 0) is 30.9 Å². The van der Waals surface area contributed by atoms with Crippen molar-refractivity contribution in [3.63, 3.8) is 0 Å². The second kappa shape index (κ2) is 9.69. The van der Waals surface area contributed by atoms with E-state index in [0.29, 0.717) is 19.0 Å². The number of anilines is 1. The first kappa shape index (κ1) is 20.4. The third-order valence-corrected chi connectivity index (χ3v) is 4.65. The molecule has 2 amide bonds. The second-order valence-electron chi connectivity index (χ2n) is 7.57. The minimum atomic E-state index is 0.0190. The van der Waals surface area contributed by atoms with Crippen LogP contribution in [0.15, 0.2) is 18.2 Å². The normalized spacial score (nSPS) is 15.9. The van der Waals surface area contributed by atoms with Crippen LogP contribution >= 0.6 is 0 Å². The quantitative estimate of drug-likeness (QED) is 0.776. The summed E-state index contributed by atoms with van der Waals surface area (Å²) in [5.74, 6) is 0.566. The standard InChI is InChI=1S/C20H32N4O2/c1-15(2)12-21-18(25)13-23-8-10-24(11-9-23)14-19(26)22-20-16(3)6-5-7-17(20)4/h5-7,15H,8-14H2,1-4H3,(H,21,25)(H,22,26). The van der Waals surface area contributed by atoms with Crippen LogP contribution in [0, 0.1) is 19.8 Å². The van der Waals surface area contributed by atoms with Crippen molar-refractivity contribution >= 4 is 17.5 Å². The molecule has 0 aliphatic carbocycles. The van der Waals surface area contributed by atoms with E-state index in [4.69, 9.17) is 0 Å². The van der Waals surface area contributed by atoms with Crippen LogP contribution in [0.25, 0.3) is 0 Å². The SMILES string of the molecule is Cc1cccc(C)c1NC(=O)CN1CCN(CC(=O)NCC(C)C)CC1. The Morgan fingerprint density at radius 1 is 0.962 bits per heavy atom. The van der Waals surface area contributed by atoms with E-state index < -0.39 is 0 Å². The van der Waals surface area contributed by atoms with Gasteiger partial charge in [-0.3, -0.25) is 19.4 Å². The van der Waals surface area contributed by atoms with Crippen molar-refractivity contribution in [3.8, 4) is 0 Å². The molecule has 1 fully saturated rings. The summed E-state index contributed by atoms with van der Waals surface area (Å²) in [5, 5.41) is 5.99. The van der Waals surface area contributed by atoms with Gasteiger partial charge in [-0.15, -0.1) is 0 Å². The van der Waals surface area contributed by atoms with Crippen LogP contribution < -0.4 is 10.6 Å². The molecule has 0 bridgehead atoms. The second-order valence-corrected chi connectivity index (χ2v) is 7.57. The maximum atomic E-state index is 12.4. The molecule has 6 nitrogen and oxygen atoms in total. The topological polar surface area (TPSA) is 64.7 Å². The first-order valence-electron chi connectivity index (χ1n) is 9.42. The Kier molecular flexibility index (Phi) is 7.60. The molecule has 144 valence electrons. The summed E-state index contributed by atoms with van der Waals surface area (Å²) in [5.41, 5.74) is 3.07. The smallest absolute Gasteiger partial charge is 0.238 e. The maximum absolute atomic E-state index is 12.4. The van der Waals surface area contributed by atoms with Crippen molar-refractivity contribution in [3.05, 3.63) is 29.3 Å². The van der Waals surface area contributed by atoms with Crippen LogP contribution in [0.1, 0.15) is 25.0 Å². The van der Waals surface area contributed by atoms with Gasteiger partial charge in [-0.2, -0.15) is 0 Å². The number of carbonyl (C=O) groups is 2. The van der Waals surface area contributed by atoms with E-state index >= 15 is 0 Å². The van der Waals surface area contributed by atoms with Crippen molar-refractivity contribution in [2.45, 2.75) is 27.7 Å². The molecular formula is C20H32N4O2. The van der Waals surface area contributed by atoms with E-state index in [9.17, 15) is 9.59 Å². The Balaban J connectivity index is 1.73. The molecule has 1 aromatic rings. The number of nitrogens with one attached hydrogen (secondary N) is 2. The van der Waals surface area contributed by atoms with Gasteiger partial charge >= 0.3 is 0 Å². The predicted octanol–water partition coefficient (Wildman–Crippen LogP) is 1.63. The monoisotopic (exact) mass is 360 g/mol. The Hall–Kier alpha value is -1.92. The largest absolute Gasteiger partial charge is 0.355 e. The highest BCUT2D eigenvalue weighted by Gasteiger charge is 2.21. The number of aryl methyl sites for hydroxylation is 2. The highest BCUT2D eigenvalue weighted by Crippen LogP contribution is 2.19. The molecule has 0 radical (unpaired) electrons. The van der Waals surface area contributed by atoms with Crippen molar-refractivity contribution in [2.24, 2.45) is 5.92 Å². The first-order chi connectivity index (χ1) is 12.3. The third-order valence-electron chi connectivity index (χ3n) is 4.65. The number of nitrogens with zero attached hydrogens (tertiary/aromatic N) is 2. The summed E-state index contributed by atoms with van der Waals surface area (Å²) in [4.78, 5) is 28.6. The molecule has 0 spiro atoms. The number of piperazine rings is 1. The van der Waals surface area contributed by atoms with Crippen LogP contribution in [-0.4, -0.2) is 67.4 Å². The van der Waals surface area contributed by atoms with Gasteiger partial charge in [0, 0.05) is 38.4 Å². The van der Waals surface area contributed by atoms with E-state index in [1.807, 2.05) is 32.0 Å². The highest BCUT2D eigenvalue weighted by molar-refractivity contribution is 5.93. The highest BCUT2D eigenvalue weighted by atomic mass is 16.2. The van der Waals surface area contributed by atoms with Crippen LogP contribution in [0.3, 0.4) is 0 Å². The molecule has 0 aromatic heterocycles. The lowest BCUT2D eigenvalue weighted by atomic mass is 10.1. The molecule has 1 saturated heterocycles. The van der Waals surface area contributed by atoms with Gasteiger partial charge in [0.2, 0.25) is 11.8 Å². The van der Waals surface area contributed by atoms with E-state index in [-0.39, 0.29) is 11.8 Å². The van der Waals surface area contributed by atoms with E-state index in [0.717, 1.165) is 49.5 Å². The zero-order valence-corrected chi connectivity index (χ0v) is 16.5. The number of amides is 2. The fourth-order valence-electron chi connectivity index (χ4n) is 3.08. The van der Waals surface area contributed by atoms with Gasteiger partial charge in [0.05, 0.1) is 13.1 Å². The maximum Gasteiger partial charge on any atom is 0.238 e. The van der Waals surface area contributed by atoms with Crippen molar-refractivity contribution in [1.82, 2.24) is 15.1 Å². The van der Waals surface area contributed by atoms with E-state index in [1.54, 1.807) is 0 Å². The molecule has 1 heterocycles.